The van der Waals surface area contributed by atoms with Crippen molar-refractivity contribution in [2.24, 2.45) is 0 Å². The van der Waals surface area contributed by atoms with Gasteiger partial charge in [0, 0.05) is 0 Å². The Morgan fingerprint density at radius 1 is 0.387 bits per heavy atom. The zero-order chi connectivity index (χ0) is 21.5. The van der Waals surface area contributed by atoms with Crippen LogP contribution >= 0.6 is 11.8 Å². The molecule has 3 heteroatoms. The molecule has 31 heavy (non-hydrogen) atoms. The molecule has 0 aliphatic rings. The molecule has 0 saturated carbocycles. The molecule has 0 spiro atoms. The molecule has 4 aromatic carbocycles. The first-order valence-electron chi connectivity index (χ1n) is 10.5. The fraction of sp³-hybridized carbons (Fsp3) is 0.143. The molecule has 156 valence electrons. The summed E-state index contributed by atoms with van der Waals surface area (Å²) in [5.74, 6) is 0. The van der Waals surface area contributed by atoms with Crippen molar-refractivity contribution in [3.05, 3.63) is 144 Å². The van der Waals surface area contributed by atoms with Crippen molar-refractivity contribution in [3.8, 4) is 0 Å². The second-order valence-corrected chi connectivity index (χ2v) is 8.80. The molecule has 0 bridgehead atoms. The highest BCUT2D eigenvalue weighted by Gasteiger charge is 2.31. The molecule has 4 aromatic rings. The number of aliphatic hydroxyl groups excluding tert-OH is 2. The van der Waals surface area contributed by atoms with Gasteiger partial charge in [-0.15, -0.1) is 11.8 Å². The summed E-state index contributed by atoms with van der Waals surface area (Å²) in [5, 5.41) is 22.3. The number of rotatable bonds is 8. The van der Waals surface area contributed by atoms with Crippen LogP contribution in [0.3, 0.4) is 0 Å². The first kappa shape index (κ1) is 21.4. The standard InChI is InChI=1S/C28H26O2S/c29-25(21-13-5-1-6-14-21)27(23-17-9-3-10-18-23)31-28(24-19-11-4-12-20-24)26(30)22-15-7-2-8-16-22/h1-20,25-30H. The normalized spacial score (nSPS) is 15.0. The van der Waals surface area contributed by atoms with Gasteiger partial charge in [-0.2, -0.15) is 0 Å². The van der Waals surface area contributed by atoms with Gasteiger partial charge in [0.25, 0.3) is 0 Å². The van der Waals surface area contributed by atoms with E-state index >= 15 is 0 Å². The Kier molecular flexibility index (Phi) is 7.21. The Balaban J connectivity index is 1.73. The van der Waals surface area contributed by atoms with Gasteiger partial charge in [0.2, 0.25) is 0 Å². The summed E-state index contributed by atoms with van der Waals surface area (Å²) in [6.45, 7) is 0. The summed E-state index contributed by atoms with van der Waals surface area (Å²) in [6.07, 6.45) is -1.41. The summed E-state index contributed by atoms with van der Waals surface area (Å²) >= 11 is 1.60. The average molecular weight is 427 g/mol. The molecule has 0 fully saturated rings. The minimum absolute atomic E-state index is 0.243. The molecule has 4 unspecified atom stereocenters. The largest absolute Gasteiger partial charge is 0.387 e. The van der Waals surface area contributed by atoms with Crippen molar-refractivity contribution in [2.75, 3.05) is 0 Å². The quantitative estimate of drug-likeness (QED) is 0.331. The van der Waals surface area contributed by atoms with Crippen molar-refractivity contribution < 1.29 is 10.2 Å². The van der Waals surface area contributed by atoms with E-state index in [1.165, 1.54) is 0 Å². The minimum atomic E-state index is -0.706. The third-order valence-corrected chi connectivity index (χ3v) is 7.05. The van der Waals surface area contributed by atoms with Crippen LogP contribution in [0.1, 0.15) is 45.0 Å². The predicted octanol–water partition coefficient (Wildman–Crippen LogP) is 6.67. The Morgan fingerprint density at radius 3 is 0.935 bits per heavy atom. The molecule has 0 aliphatic carbocycles. The molecule has 0 heterocycles. The first-order chi connectivity index (χ1) is 15.2. The molecule has 0 amide bonds. The highest BCUT2D eigenvalue weighted by molar-refractivity contribution is 7.99. The van der Waals surface area contributed by atoms with E-state index in [2.05, 4.69) is 0 Å². The van der Waals surface area contributed by atoms with Crippen LogP contribution in [0.25, 0.3) is 0 Å². The van der Waals surface area contributed by atoms with E-state index in [0.717, 1.165) is 22.3 Å². The SMILES string of the molecule is OC(c1ccccc1)C(SC(c1ccccc1)C(O)c1ccccc1)c1ccccc1. The Labute approximate surface area is 188 Å². The molecule has 0 radical (unpaired) electrons. The number of thioether (sulfide) groups is 1. The third-order valence-electron chi connectivity index (χ3n) is 5.41. The molecular weight excluding hydrogens is 400 g/mol. The van der Waals surface area contributed by atoms with Gasteiger partial charge >= 0.3 is 0 Å². The number of hydrogen-bond donors (Lipinski definition) is 2. The van der Waals surface area contributed by atoms with Crippen LogP contribution in [0.5, 0.6) is 0 Å². The molecular formula is C28H26O2S. The van der Waals surface area contributed by atoms with Gasteiger partial charge in [0.1, 0.15) is 0 Å². The second-order valence-electron chi connectivity index (χ2n) is 7.51. The summed E-state index contributed by atoms with van der Waals surface area (Å²) < 4.78 is 0. The molecule has 0 saturated heterocycles. The molecule has 0 aliphatic heterocycles. The monoisotopic (exact) mass is 426 g/mol. The fourth-order valence-corrected chi connectivity index (χ4v) is 5.32. The molecule has 2 nitrogen and oxygen atoms in total. The van der Waals surface area contributed by atoms with Gasteiger partial charge in [-0.05, 0) is 22.3 Å². The van der Waals surface area contributed by atoms with E-state index in [4.69, 9.17) is 0 Å². The number of benzene rings is 4. The second kappa shape index (κ2) is 10.5. The smallest absolute Gasteiger partial charge is 0.0949 e. The summed E-state index contributed by atoms with van der Waals surface area (Å²) in [7, 11) is 0. The van der Waals surface area contributed by atoms with Gasteiger partial charge < -0.3 is 10.2 Å². The van der Waals surface area contributed by atoms with Crippen LogP contribution in [0.15, 0.2) is 121 Å². The van der Waals surface area contributed by atoms with Crippen molar-refractivity contribution in [1.29, 1.82) is 0 Å². The van der Waals surface area contributed by atoms with E-state index in [0.29, 0.717) is 0 Å². The highest BCUT2D eigenvalue weighted by atomic mass is 32.2. The van der Waals surface area contributed by atoms with E-state index in [-0.39, 0.29) is 10.5 Å². The molecule has 2 N–H and O–H groups in total. The predicted molar refractivity (Wildman–Crippen MR) is 129 cm³/mol. The van der Waals surface area contributed by atoms with Crippen molar-refractivity contribution in [2.45, 2.75) is 22.7 Å². The maximum Gasteiger partial charge on any atom is 0.0949 e. The summed E-state index contributed by atoms with van der Waals surface area (Å²) in [5.41, 5.74) is 3.80. The molecule has 4 atom stereocenters. The Hall–Kier alpha value is -2.85. The fourth-order valence-electron chi connectivity index (χ4n) is 3.76. The van der Waals surface area contributed by atoms with Gasteiger partial charge in [0.05, 0.1) is 22.7 Å². The highest BCUT2D eigenvalue weighted by Crippen LogP contribution is 2.51. The average Bonchev–Trinajstić information content (AvgIpc) is 2.86. The Morgan fingerprint density at radius 2 is 0.645 bits per heavy atom. The molecule has 4 rings (SSSR count). The zero-order valence-corrected chi connectivity index (χ0v) is 18.0. The summed E-state index contributed by atoms with van der Waals surface area (Å²) in [6, 6.07) is 39.6. The zero-order valence-electron chi connectivity index (χ0n) is 17.2. The van der Waals surface area contributed by atoms with Crippen molar-refractivity contribution >= 4 is 11.8 Å². The van der Waals surface area contributed by atoms with E-state index in [1.54, 1.807) is 11.8 Å². The maximum atomic E-state index is 11.4. The number of hydrogen-bond acceptors (Lipinski definition) is 3. The van der Waals surface area contributed by atoms with Gasteiger partial charge in [-0.3, -0.25) is 0 Å². The number of aliphatic hydroxyl groups is 2. The maximum absolute atomic E-state index is 11.4. The van der Waals surface area contributed by atoms with Crippen molar-refractivity contribution in [1.82, 2.24) is 0 Å². The topological polar surface area (TPSA) is 40.5 Å². The van der Waals surface area contributed by atoms with Crippen LogP contribution in [-0.2, 0) is 0 Å². The first-order valence-corrected chi connectivity index (χ1v) is 11.4. The van der Waals surface area contributed by atoms with Crippen LogP contribution in [-0.4, -0.2) is 10.2 Å². The lowest BCUT2D eigenvalue weighted by Crippen LogP contribution is -2.14. The molecule has 0 aromatic heterocycles. The van der Waals surface area contributed by atoms with Gasteiger partial charge in [-0.25, -0.2) is 0 Å². The van der Waals surface area contributed by atoms with Crippen LogP contribution in [0.4, 0.5) is 0 Å². The van der Waals surface area contributed by atoms with Crippen LogP contribution < -0.4 is 0 Å². The Bertz CT molecular complexity index is 952. The van der Waals surface area contributed by atoms with E-state index < -0.39 is 12.2 Å². The van der Waals surface area contributed by atoms with Crippen LogP contribution in [0.2, 0.25) is 0 Å². The van der Waals surface area contributed by atoms with Gasteiger partial charge in [0.15, 0.2) is 0 Å². The lowest BCUT2D eigenvalue weighted by atomic mass is 10.0. The van der Waals surface area contributed by atoms with Gasteiger partial charge in [-0.1, -0.05) is 121 Å². The van der Waals surface area contributed by atoms with E-state index in [1.807, 2.05) is 121 Å². The lowest BCUT2D eigenvalue weighted by Gasteiger charge is -2.31. The van der Waals surface area contributed by atoms with Crippen LogP contribution in [0, 0.1) is 0 Å². The van der Waals surface area contributed by atoms with E-state index in [9.17, 15) is 10.2 Å². The third kappa shape index (κ3) is 5.26. The summed E-state index contributed by atoms with van der Waals surface area (Å²) in [4.78, 5) is 0. The lowest BCUT2D eigenvalue weighted by molar-refractivity contribution is 0.166. The van der Waals surface area contributed by atoms with Crippen molar-refractivity contribution in [3.63, 3.8) is 0 Å². The minimum Gasteiger partial charge on any atom is -0.387 e.